The summed E-state index contributed by atoms with van der Waals surface area (Å²) in [5.74, 6) is 4.09. The van der Waals surface area contributed by atoms with Crippen LogP contribution in [0.1, 0.15) is 25.7 Å². The van der Waals surface area contributed by atoms with E-state index in [1.165, 1.54) is 0 Å². The number of nitrogens with zero attached hydrogens (tertiary/aromatic N) is 3. The number of hydrogen-bond acceptors (Lipinski definition) is 5. The monoisotopic (exact) mass is 231 g/mol. The molecule has 0 aromatic heterocycles. The normalized spacial score (nSPS) is 27.1. The Morgan fingerprint density at radius 3 is 2.41 bits per heavy atom. The predicted molar refractivity (Wildman–Crippen MR) is 57.9 cm³/mol. The maximum atomic E-state index is 11.9. The average molecular weight is 231 g/mol. The molecule has 0 saturated heterocycles. The van der Waals surface area contributed by atoms with Crippen molar-refractivity contribution in [1.29, 1.82) is 10.5 Å². The summed E-state index contributed by atoms with van der Waals surface area (Å²) in [4.78, 5) is 11.9. The molecule has 1 spiro atoms. The number of allylic oxidation sites excluding steroid dienone is 1. The van der Waals surface area contributed by atoms with Crippen molar-refractivity contribution in [3.8, 4) is 12.1 Å². The highest BCUT2D eigenvalue weighted by atomic mass is 16.2. The third-order valence-electron chi connectivity index (χ3n) is 3.79. The fourth-order valence-corrected chi connectivity index (χ4v) is 2.91. The SMILES string of the molecule is N#CC1=C(N)N(N)C(=O)C(C#N)C12CCCC2. The van der Waals surface area contributed by atoms with E-state index in [0.717, 1.165) is 17.9 Å². The van der Waals surface area contributed by atoms with Crippen molar-refractivity contribution in [2.45, 2.75) is 25.7 Å². The molecular formula is C11H13N5O. The minimum Gasteiger partial charge on any atom is -0.383 e. The number of nitrogens with two attached hydrogens (primary N) is 2. The molecule has 0 radical (unpaired) electrons. The molecular weight excluding hydrogens is 218 g/mol. The van der Waals surface area contributed by atoms with Gasteiger partial charge in [0.05, 0.1) is 17.7 Å². The van der Waals surface area contributed by atoms with E-state index >= 15 is 0 Å². The standard InChI is InChI=1S/C11H13N5O/c12-5-7-9(14)16(15)10(17)8(6-13)11(7)3-1-2-4-11/h8H,1-4,14-15H2. The highest BCUT2D eigenvalue weighted by molar-refractivity contribution is 5.86. The zero-order valence-corrected chi connectivity index (χ0v) is 9.31. The van der Waals surface area contributed by atoms with Gasteiger partial charge < -0.3 is 5.73 Å². The first kappa shape index (κ1) is 11.4. The predicted octanol–water partition coefficient (Wildman–Crippen LogP) is 0.0964. The first-order valence-corrected chi connectivity index (χ1v) is 5.47. The number of rotatable bonds is 0. The van der Waals surface area contributed by atoms with Crippen LogP contribution < -0.4 is 11.6 Å². The summed E-state index contributed by atoms with van der Waals surface area (Å²) < 4.78 is 0. The molecule has 0 aromatic carbocycles. The molecule has 0 bridgehead atoms. The Bertz CT molecular complexity index is 475. The molecule has 6 nitrogen and oxygen atoms in total. The summed E-state index contributed by atoms with van der Waals surface area (Å²) in [5, 5.41) is 19.1. The van der Waals surface area contributed by atoms with Gasteiger partial charge in [-0.3, -0.25) is 4.79 Å². The quantitative estimate of drug-likeness (QED) is 0.452. The molecule has 1 saturated carbocycles. The van der Waals surface area contributed by atoms with E-state index in [1.807, 2.05) is 12.1 Å². The van der Waals surface area contributed by atoms with Crippen molar-refractivity contribution in [3.63, 3.8) is 0 Å². The lowest BCUT2D eigenvalue weighted by atomic mass is 9.67. The molecule has 1 unspecified atom stereocenters. The lowest BCUT2D eigenvalue weighted by Crippen LogP contribution is -2.53. The second-order valence-corrected chi connectivity index (χ2v) is 4.51. The third kappa shape index (κ3) is 1.31. The van der Waals surface area contributed by atoms with Crippen molar-refractivity contribution in [2.75, 3.05) is 0 Å². The molecule has 1 aliphatic heterocycles. The highest BCUT2D eigenvalue weighted by Crippen LogP contribution is 2.52. The van der Waals surface area contributed by atoms with Crippen LogP contribution in [0.3, 0.4) is 0 Å². The van der Waals surface area contributed by atoms with Crippen LogP contribution in [0, 0.1) is 34.0 Å². The topological polar surface area (TPSA) is 120 Å². The second kappa shape index (κ2) is 3.76. The summed E-state index contributed by atoms with van der Waals surface area (Å²) in [5.41, 5.74) is 5.31. The maximum Gasteiger partial charge on any atom is 0.260 e. The van der Waals surface area contributed by atoms with Crippen LogP contribution in [-0.2, 0) is 4.79 Å². The highest BCUT2D eigenvalue weighted by Gasteiger charge is 2.54. The molecule has 1 fully saturated rings. The van der Waals surface area contributed by atoms with Crippen LogP contribution in [0.4, 0.5) is 0 Å². The Balaban J connectivity index is 2.64. The van der Waals surface area contributed by atoms with Gasteiger partial charge in [0.2, 0.25) is 0 Å². The molecule has 1 aliphatic carbocycles. The fourth-order valence-electron chi connectivity index (χ4n) is 2.91. The van der Waals surface area contributed by atoms with Gasteiger partial charge in [-0.15, -0.1) is 0 Å². The first-order valence-electron chi connectivity index (χ1n) is 5.47. The van der Waals surface area contributed by atoms with Crippen molar-refractivity contribution < 1.29 is 4.79 Å². The third-order valence-corrected chi connectivity index (χ3v) is 3.79. The molecule has 1 amide bonds. The fraction of sp³-hybridized carbons (Fsp3) is 0.545. The molecule has 88 valence electrons. The number of carbonyl (C=O) groups is 1. The molecule has 1 heterocycles. The maximum absolute atomic E-state index is 11.9. The van der Waals surface area contributed by atoms with Crippen molar-refractivity contribution in [2.24, 2.45) is 22.9 Å². The summed E-state index contributed by atoms with van der Waals surface area (Å²) >= 11 is 0. The van der Waals surface area contributed by atoms with Gasteiger partial charge in [-0.25, -0.2) is 10.9 Å². The minimum absolute atomic E-state index is 0.00843. The lowest BCUT2D eigenvalue weighted by molar-refractivity contribution is -0.136. The summed E-state index contributed by atoms with van der Waals surface area (Å²) in [6.07, 6.45) is 3.09. The van der Waals surface area contributed by atoms with Crippen LogP contribution in [-0.4, -0.2) is 10.9 Å². The van der Waals surface area contributed by atoms with Gasteiger partial charge in [-0.05, 0) is 12.8 Å². The van der Waals surface area contributed by atoms with Gasteiger partial charge in [0.15, 0.2) is 0 Å². The molecule has 4 N–H and O–H groups in total. The number of hydrogen-bond donors (Lipinski definition) is 2. The Kier molecular flexibility index (Phi) is 2.53. The minimum atomic E-state index is -0.892. The van der Waals surface area contributed by atoms with E-state index in [1.54, 1.807) is 0 Å². The van der Waals surface area contributed by atoms with E-state index in [-0.39, 0.29) is 5.82 Å². The van der Waals surface area contributed by atoms with Crippen LogP contribution in [0.2, 0.25) is 0 Å². The summed E-state index contributed by atoms with van der Waals surface area (Å²) in [6.45, 7) is 0. The number of hydrazine groups is 1. The number of carbonyl (C=O) groups excluding carboxylic acids is 1. The number of amides is 1. The largest absolute Gasteiger partial charge is 0.383 e. The molecule has 6 heteroatoms. The van der Waals surface area contributed by atoms with Crippen LogP contribution in [0.25, 0.3) is 0 Å². The van der Waals surface area contributed by atoms with E-state index < -0.39 is 17.2 Å². The van der Waals surface area contributed by atoms with Crippen LogP contribution >= 0.6 is 0 Å². The molecule has 2 aliphatic rings. The van der Waals surface area contributed by atoms with Gasteiger partial charge in [-0.2, -0.15) is 10.5 Å². The molecule has 2 rings (SSSR count). The van der Waals surface area contributed by atoms with Gasteiger partial charge in [-0.1, -0.05) is 12.8 Å². The van der Waals surface area contributed by atoms with Gasteiger partial charge in [0.1, 0.15) is 11.7 Å². The second-order valence-electron chi connectivity index (χ2n) is 4.51. The van der Waals surface area contributed by atoms with Crippen molar-refractivity contribution >= 4 is 5.91 Å². The molecule has 17 heavy (non-hydrogen) atoms. The van der Waals surface area contributed by atoms with Crippen LogP contribution in [0.5, 0.6) is 0 Å². The Morgan fingerprint density at radius 1 is 1.35 bits per heavy atom. The van der Waals surface area contributed by atoms with Gasteiger partial charge in [0.25, 0.3) is 5.91 Å². The molecule has 1 atom stereocenters. The smallest absolute Gasteiger partial charge is 0.260 e. The van der Waals surface area contributed by atoms with E-state index in [2.05, 4.69) is 0 Å². The molecule has 0 aromatic rings. The Hall–Kier alpha value is -2.05. The van der Waals surface area contributed by atoms with Crippen LogP contribution in [0.15, 0.2) is 11.4 Å². The lowest BCUT2D eigenvalue weighted by Gasteiger charge is -2.39. The van der Waals surface area contributed by atoms with Crippen molar-refractivity contribution in [3.05, 3.63) is 11.4 Å². The summed E-state index contributed by atoms with van der Waals surface area (Å²) in [6, 6.07) is 4.02. The van der Waals surface area contributed by atoms with Gasteiger partial charge >= 0.3 is 0 Å². The number of nitriles is 2. The first-order chi connectivity index (χ1) is 8.08. The Labute approximate surface area is 99.0 Å². The average Bonchev–Trinajstić information content (AvgIpc) is 2.78. The van der Waals surface area contributed by atoms with Gasteiger partial charge in [0, 0.05) is 5.41 Å². The Morgan fingerprint density at radius 2 is 1.94 bits per heavy atom. The van der Waals surface area contributed by atoms with E-state index in [0.29, 0.717) is 18.4 Å². The van der Waals surface area contributed by atoms with E-state index in [4.69, 9.17) is 11.6 Å². The summed E-state index contributed by atoms with van der Waals surface area (Å²) in [7, 11) is 0. The van der Waals surface area contributed by atoms with Crippen molar-refractivity contribution in [1.82, 2.24) is 5.01 Å². The zero-order chi connectivity index (χ0) is 12.6. The zero-order valence-electron chi connectivity index (χ0n) is 9.31. The van der Waals surface area contributed by atoms with E-state index in [9.17, 15) is 15.3 Å².